The van der Waals surface area contributed by atoms with Gasteiger partial charge in [-0.3, -0.25) is 4.72 Å². The molecule has 0 amide bonds. The fourth-order valence-electron chi connectivity index (χ4n) is 0.859. The minimum Gasteiger partial charge on any atom is -0.506 e. The van der Waals surface area contributed by atoms with E-state index in [1.165, 1.54) is 12.1 Å². The van der Waals surface area contributed by atoms with E-state index in [1.807, 2.05) is 4.72 Å². The molecule has 0 aliphatic heterocycles. The molecule has 1 aromatic carbocycles. The van der Waals surface area contributed by atoms with Crippen LogP contribution in [0, 0.1) is 6.92 Å². The predicted molar refractivity (Wildman–Crippen MR) is 51.2 cm³/mol. The molecule has 0 atom stereocenters. The topological polar surface area (TPSA) is 66.4 Å². The molecule has 0 saturated heterocycles. The maximum atomic E-state index is 10.6. The largest absolute Gasteiger partial charge is 0.506 e. The van der Waals surface area contributed by atoms with Crippen LogP contribution in [0.2, 0.25) is 0 Å². The van der Waals surface area contributed by atoms with E-state index < -0.39 is 9.24 Å². The maximum Gasteiger partial charge on any atom is 0.319 e. The molecule has 0 spiro atoms. The Labute approximate surface area is 80.7 Å². The van der Waals surface area contributed by atoms with Crippen LogP contribution in [0.1, 0.15) is 5.56 Å². The lowest BCUT2D eigenvalue weighted by atomic mass is 10.2. The van der Waals surface area contributed by atoms with E-state index in [4.69, 9.17) is 10.7 Å². The number of aromatic hydroxyl groups is 1. The highest BCUT2D eigenvalue weighted by Gasteiger charge is 2.07. The molecule has 6 heteroatoms. The third-order valence-corrected chi connectivity index (χ3v) is 2.08. The van der Waals surface area contributed by atoms with Crippen molar-refractivity contribution in [3.05, 3.63) is 23.8 Å². The van der Waals surface area contributed by atoms with Gasteiger partial charge in [0.15, 0.2) is 0 Å². The number of benzene rings is 1. The molecule has 0 unspecified atom stereocenters. The van der Waals surface area contributed by atoms with Gasteiger partial charge in [0.05, 0.1) is 5.69 Å². The Morgan fingerprint density at radius 1 is 1.46 bits per heavy atom. The fraction of sp³-hybridized carbons (Fsp3) is 0.143. The van der Waals surface area contributed by atoms with Gasteiger partial charge >= 0.3 is 9.24 Å². The fourth-order valence-corrected chi connectivity index (χ4v) is 1.54. The van der Waals surface area contributed by atoms with Crippen LogP contribution < -0.4 is 4.72 Å². The van der Waals surface area contributed by atoms with Crippen LogP contribution in [-0.4, -0.2) is 13.5 Å². The van der Waals surface area contributed by atoms with Gasteiger partial charge in [-0.2, -0.15) is 8.42 Å². The normalized spacial score (nSPS) is 11.2. The van der Waals surface area contributed by atoms with Gasteiger partial charge in [0.1, 0.15) is 5.75 Å². The van der Waals surface area contributed by atoms with Crippen molar-refractivity contribution < 1.29 is 13.5 Å². The molecule has 0 saturated carbocycles. The highest BCUT2D eigenvalue weighted by molar-refractivity contribution is 8.14. The summed E-state index contributed by atoms with van der Waals surface area (Å²) in [5.41, 5.74) is 0.899. The number of anilines is 1. The van der Waals surface area contributed by atoms with Gasteiger partial charge in [-0.25, -0.2) is 0 Å². The third-order valence-electron chi connectivity index (χ3n) is 1.39. The van der Waals surface area contributed by atoms with Crippen molar-refractivity contribution in [2.24, 2.45) is 0 Å². The molecule has 0 aromatic heterocycles. The second kappa shape index (κ2) is 3.43. The maximum absolute atomic E-state index is 10.6. The summed E-state index contributed by atoms with van der Waals surface area (Å²) in [7, 11) is 1.08. The van der Waals surface area contributed by atoms with E-state index in [9.17, 15) is 13.5 Å². The average Bonchev–Trinajstić information content (AvgIpc) is 1.93. The van der Waals surface area contributed by atoms with Crippen LogP contribution in [0.15, 0.2) is 18.2 Å². The molecule has 13 heavy (non-hydrogen) atoms. The highest BCUT2D eigenvalue weighted by atomic mass is 35.7. The Hall–Kier alpha value is -0.940. The first-order valence-electron chi connectivity index (χ1n) is 3.40. The zero-order chi connectivity index (χ0) is 10.1. The van der Waals surface area contributed by atoms with Crippen molar-refractivity contribution in [1.29, 1.82) is 0 Å². The number of phenolic OH excluding ortho intramolecular Hbond substituents is 1. The SMILES string of the molecule is Cc1ccc(NS(=O)(=O)Cl)c(O)c1. The van der Waals surface area contributed by atoms with E-state index in [0.29, 0.717) is 0 Å². The second-order valence-corrected chi connectivity index (χ2v) is 4.86. The number of aryl methyl sites for hydroxylation is 1. The van der Waals surface area contributed by atoms with Crippen molar-refractivity contribution in [1.82, 2.24) is 0 Å². The molecule has 72 valence electrons. The molecule has 0 bridgehead atoms. The van der Waals surface area contributed by atoms with E-state index >= 15 is 0 Å². The van der Waals surface area contributed by atoms with Gasteiger partial charge in [0, 0.05) is 10.7 Å². The van der Waals surface area contributed by atoms with E-state index in [2.05, 4.69) is 0 Å². The lowest BCUT2D eigenvalue weighted by Gasteiger charge is -2.04. The van der Waals surface area contributed by atoms with Gasteiger partial charge in [0.25, 0.3) is 0 Å². The summed E-state index contributed by atoms with van der Waals surface area (Å²) >= 11 is 0. The molecule has 1 rings (SSSR count). The number of halogens is 1. The average molecular weight is 222 g/mol. The van der Waals surface area contributed by atoms with Crippen molar-refractivity contribution in [3.8, 4) is 5.75 Å². The van der Waals surface area contributed by atoms with E-state index in [1.54, 1.807) is 13.0 Å². The van der Waals surface area contributed by atoms with Crippen molar-refractivity contribution in [3.63, 3.8) is 0 Å². The van der Waals surface area contributed by atoms with Crippen molar-refractivity contribution in [2.45, 2.75) is 6.92 Å². The molecule has 0 heterocycles. The van der Waals surface area contributed by atoms with Crippen LogP contribution in [-0.2, 0) is 9.24 Å². The van der Waals surface area contributed by atoms with Crippen LogP contribution in [0.5, 0.6) is 5.75 Å². The monoisotopic (exact) mass is 221 g/mol. The number of hydrogen-bond donors (Lipinski definition) is 2. The molecule has 0 fully saturated rings. The van der Waals surface area contributed by atoms with E-state index in [0.717, 1.165) is 5.56 Å². The summed E-state index contributed by atoms with van der Waals surface area (Å²) in [5.74, 6) is -0.149. The first kappa shape index (κ1) is 10.1. The first-order chi connectivity index (χ1) is 5.88. The lowest BCUT2D eigenvalue weighted by Crippen LogP contribution is -2.04. The van der Waals surface area contributed by atoms with Gasteiger partial charge in [-0.15, -0.1) is 0 Å². The Kier molecular flexibility index (Phi) is 2.68. The quantitative estimate of drug-likeness (QED) is 0.589. The number of nitrogens with one attached hydrogen (secondary N) is 1. The van der Waals surface area contributed by atoms with Crippen LogP contribution in [0.25, 0.3) is 0 Å². The minimum absolute atomic E-state index is 0.0700. The zero-order valence-corrected chi connectivity index (χ0v) is 8.35. The Morgan fingerprint density at radius 3 is 2.54 bits per heavy atom. The highest BCUT2D eigenvalue weighted by Crippen LogP contribution is 2.25. The minimum atomic E-state index is -3.85. The van der Waals surface area contributed by atoms with Crippen LogP contribution in [0.3, 0.4) is 0 Å². The molecule has 1 aromatic rings. The zero-order valence-electron chi connectivity index (χ0n) is 6.78. The Bertz CT molecular complexity index is 416. The summed E-state index contributed by atoms with van der Waals surface area (Å²) < 4.78 is 23.1. The van der Waals surface area contributed by atoms with E-state index in [-0.39, 0.29) is 11.4 Å². The number of phenols is 1. The molecule has 2 N–H and O–H groups in total. The second-order valence-electron chi connectivity index (χ2n) is 2.56. The smallest absolute Gasteiger partial charge is 0.319 e. The molecule has 4 nitrogen and oxygen atoms in total. The van der Waals surface area contributed by atoms with Gasteiger partial charge in [-0.05, 0) is 24.6 Å². The lowest BCUT2D eigenvalue weighted by molar-refractivity contribution is 0.477. The molecule has 0 aliphatic carbocycles. The Morgan fingerprint density at radius 2 is 2.08 bits per heavy atom. The van der Waals surface area contributed by atoms with Gasteiger partial charge in [-0.1, -0.05) is 6.07 Å². The van der Waals surface area contributed by atoms with Crippen molar-refractivity contribution >= 4 is 25.6 Å². The summed E-state index contributed by atoms with van der Waals surface area (Å²) in [4.78, 5) is 0. The van der Waals surface area contributed by atoms with Crippen LogP contribution >= 0.6 is 10.7 Å². The standard InChI is InChI=1S/C7H8ClNO3S/c1-5-2-3-6(7(10)4-5)9-13(8,11)12/h2-4,9-10H,1H3. The summed E-state index contributed by atoms with van der Waals surface area (Å²) in [5, 5.41) is 9.27. The Balaban J connectivity index is 3.04. The van der Waals surface area contributed by atoms with Gasteiger partial charge < -0.3 is 5.11 Å². The molecule has 0 radical (unpaired) electrons. The summed E-state index contributed by atoms with van der Waals surface area (Å²) in [6.45, 7) is 1.78. The third kappa shape index (κ3) is 3.12. The van der Waals surface area contributed by atoms with Crippen LogP contribution in [0.4, 0.5) is 5.69 Å². The number of rotatable bonds is 2. The number of hydrogen-bond acceptors (Lipinski definition) is 3. The predicted octanol–water partition coefficient (Wildman–Crippen LogP) is 1.60. The van der Waals surface area contributed by atoms with Gasteiger partial charge in [0.2, 0.25) is 0 Å². The van der Waals surface area contributed by atoms with Crippen molar-refractivity contribution in [2.75, 3.05) is 4.72 Å². The molecule has 0 aliphatic rings. The molecular formula is C7H8ClNO3S. The summed E-state index contributed by atoms with van der Waals surface area (Å²) in [6.07, 6.45) is 0. The molecular weight excluding hydrogens is 214 g/mol. The summed E-state index contributed by atoms with van der Waals surface area (Å²) in [6, 6.07) is 4.53. The first-order valence-corrected chi connectivity index (χ1v) is 5.71.